The molecule has 4 heteroatoms. The summed E-state index contributed by atoms with van der Waals surface area (Å²) in [5.74, 6) is 1.78. The van der Waals surface area contributed by atoms with Gasteiger partial charge in [-0.1, -0.05) is 19.1 Å². The van der Waals surface area contributed by atoms with E-state index in [9.17, 15) is 9.59 Å². The van der Waals surface area contributed by atoms with Crippen molar-refractivity contribution in [3.05, 3.63) is 12.2 Å². The molecule has 4 rings (SSSR count). The number of hydrogen-bond donors (Lipinski definition) is 0. The zero-order valence-electron chi connectivity index (χ0n) is 13.5. The van der Waals surface area contributed by atoms with Crippen LogP contribution in [0.15, 0.2) is 12.2 Å². The minimum absolute atomic E-state index is 0.0745. The number of carbonyl (C=O) groups is 2. The van der Waals surface area contributed by atoms with E-state index in [0.29, 0.717) is 18.4 Å². The molecule has 0 N–H and O–H groups in total. The van der Waals surface area contributed by atoms with Crippen LogP contribution in [0, 0.1) is 23.2 Å². The first-order valence-corrected chi connectivity index (χ1v) is 8.80. The van der Waals surface area contributed by atoms with Crippen LogP contribution in [0.25, 0.3) is 0 Å². The first kappa shape index (κ1) is 14.3. The number of carbonyl (C=O) groups excluding carboxylic acids is 2. The van der Waals surface area contributed by atoms with Crippen molar-refractivity contribution in [2.75, 3.05) is 26.2 Å². The van der Waals surface area contributed by atoms with Gasteiger partial charge >= 0.3 is 0 Å². The normalized spacial score (nSPS) is 37.8. The Balaban J connectivity index is 1.40. The largest absolute Gasteiger partial charge is 0.342 e. The zero-order chi connectivity index (χ0) is 15.3. The number of likely N-dealkylation sites (tertiary alicyclic amines) is 2. The standard InChI is InChI=1S/C18H26N2O2/c1-18(7-3-2-4-8-18)17(22)20-11-14-10-19(9-13-5-6-13)16(21)15(14)12-20/h2-3,13-15H,4-12H2,1H3/t14-,15+,18?/m1/s1. The molecule has 3 fully saturated rings. The lowest BCUT2D eigenvalue weighted by Gasteiger charge is -2.34. The Bertz CT molecular complexity index is 525. The SMILES string of the molecule is CC1(C(=O)N2C[C@H]3CN(CC4CC4)C(=O)[C@H]3C2)CC=CCC1. The molecule has 2 saturated heterocycles. The fourth-order valence-corrected chi connectivity index (χ4v) is 4.43. The van der Waals surface area contributed by atoms with Gasteiger partial charge < -0.3 is 9.80 Å². The highest BCUT2D eigenvalue weighted by atomic mass is 16.2. The molecule has 0 aromatic rings. The Morgan fingerprint density at radius 1 is 1.27 bits per heavy atom. The first-order chi connectivity index (χ1) is 10.6. The molecule has 1 saturated carbocycles. The van der Waals surface area contributed by atoms with E-state index >= 15 is 0 Å². The molecule has 22 heavy (non-hydrogen) atoms. The van der Waals surface area contributed by atoms with Crippen LogP contribution in [0.4, 0.5) is 0 Å². The van der Waals surface area contributed by atoms with Gasteiger partial charge in [0.1, 0.15) is 0 Å². The number of hydrogen-bond acceptors (Lipinski definition) is 2. The van der Waals surface area contributed by atoms with E-state index in [4.69, 9.17) is 0 Å². The van der Waals surface area contributed by atoms with E-state index in [1.807, 2.05) is 4.90 Å². The second-order valence-electron chi connectivity index (χ2n) is 8.04. The lowest BCUT2D eigenvalue weighted by molar-refractivity contribution is -0.141. The summed E-state index contributed by atoms with van der Waals surface area (Å²) in [6, 6.07) is 0. The smallest absolute Gasteiger partial charge is 0.228 e. The first-order valence-electron chi connectivity index (χ1n) is 8.80. The van der Waals surface area contributed by atoms with Crippen molar-refractivity contribution in [1.82, 2.24) is 9.80 Å². The van der Waals surface area contributed by atoms with Crippen molar-refractivity contribution in [2.24, 2.45) is 23.2 Å². The van der Waals surface area contributed by atoms with Crippen LogP contribution in [-0.4, -0.2) is 47.8 Å². The van der Waals surface area contributed by atoms with Crippen LogP contribution >= 0.6 is 0 Å². The van der Waals surface area contributed by atoms with E-state index in [0.717, 1.165) is 44.8 Å². The molecule has 1 unspecified atom stereocenters. The van der Waals surface area contributed by atoms with Gasteiger partial charge in [0.05, 0.1) is 11.3 Å². The molecular weight excluding hydrogens is 276 g/mol. The molecule has 0 radical (unpaired) electrons. The number of nitrogens with zero attached hydrogens (tertiary/aromatic N) is 2. The van der Waals surface area contributed by atoms with Gasteiger partial charge in [-0.05, 0) is 38.0 Å². The summed E-state index contributed by atoms with van der Waals surface area (Å²) in [5, 5.41) is 0. The quantitative estimate of drug-likeness (QED) is 0.749. The van der Waals surface area contributed by atoms with Crippen molar-refractivity contribution in [2.45, 2.75) is 39.0 Å². The zero-order valence-corrected chi connectivity index (χ0v) is 13.5. The fraction of sp³-hybridized carbons (Fsp3) is 0.778. The summed E-state index contributed by atoms with van der Waals surface area (Å²) in [6.45, 7) is 5.37. The summed E-state index contributed by atoms with van der Waals surface area (Å²) in [7, 11) is 0. The van der Waals surface area contributed by atoms with Crippen molar-refractivity contribution < 1.29 is 9.59 Å². The number of amides is 2. The van der Waals surface area contributed by atoms with Crippen LogP contribution in [-0.2, 0) is 9.59 Å². The van der Waals surface area contributed by atoms with Gasteiger partial charge in [0, 0.05) is 32.1 Å². The topological polar surface area (TPSA) is 40.6 Å². The Kier molecular flexibility index (Phi) is 3.31. The van der Waals surface area contributed by atoms with Crippen molar-refractivity contribution in [3.63, 3.8) is 0 Å². The Morgan fingerprint density at radius 2 is 2.09 bits per heavy atom. The second kappa shape index (κ2) is 5.10. The number of rotatable bonds is 3. The average Bonchev–Trinajstić information content (AvgIpc) is 3.15. The molecular formula is C18H26N2O2. The van der Waals surface area contributed by atoms with E-state index in [-0.39, 0.29) is 17.2 Å². The minimum atomic E-state index is -0.246. The molecule has 4 aliphatic rings. The third kappa shape index (κ3) is 2.37. The highest BCUT2D eigenvalue weighted by Gasteiger charge is 2.50. The van der Waals surface area contributed by atoms with Gasteiger partial charge in [-0.15, -0.1) is 0 Å². The number of fused-ring (bicyclic) bond motifs is 1. The van der Waals surface area contributed by atoms with Crippen LogP contribution in [0.3, 0.4) is 0 Å². The van der Waals surface area contributed by atoms with Crippen LogP contribution in [0.1, 0.15) is 39.0 Å². The molecule has 0 bridgehead atoms. The molecule has 120 valence electrons. The van der Waals surface area contributed by atoms with Gasteiger partial charge in [0.15, 0.2) is 0 Å². The van der Waals surface area contributed by atoms with E-state index < -0.39 is 0 Å². The highest BCUT2D eigenvalue weighted by Crippen LogP contribution is 2.40. The minimum Gasteiger partial charge on any atom is -0.342 e. The second-order valence-corrected chi connectivity index (χ2v) is 8.04. The fourth-order valence-electron chi connectivity index (χ4n) is 4.43. The third-order valence-electron chi connectivity index (χ3n) is 6.10. The lowest BCUT2D eigenvalue weighted by atomic mass is 9.78. The molecule has 4 nitrogen and oxygen atoms in total. The predicted octanol–water partition coefficient (Wildman–Crippen LogP) is 2.06. The maximum Gasteiger partial charge on any atom is 0.228 e. The van der Waals surface area contributed by atoms with Crippen molar-refractivity contribution in [1.29, 1.82) is 0 Å². The summed E-state index contributed by atoms with van der Waals surface area (Å²) in [4.78, 5) is 29.5. The molecule has 2 heterocycles. The Labute approximate surface area is 132 Å². The van der Waals surface area contributed by atoms with Crippen molar-refractivity contribution in [3.8, 4) is 0 Å². The maximum absolute atomic E-state index is 12.9. The molecule has 0 spiro atoms. The maximum atomic E-state index is 12.9. The molecule has 3 atom stereocenters. The van der Waals surface area contributed by atoms with E-state index in [1.165, 1.54) is 12.8 Å². The molecule has 2 aliphatic carbocycles. The highest BCUT2D eigenvalue weighted by molar-refractivity contribution is 5.87. The molecule has 0 aromatic carbocycles. The van der Waals surface area contributed by atoms with Gasteiger partial charge in [-0.2, -0.15) is 0 Å². The average molecular weight is 302 g/mol. The molecule has 0 aromatic heterocycles. The Hall–Kier alpha value is -1.32. The van der Waals surface area contributed by atoms with Gasteiger partial charge in [0.25, 0.3) is 0 Å². The van der Waals surface area contributed by atoms with Crippen LogP contribution in [0.5, 0.6) is 0 Å². The summed E-state index contributed by atoms with van der Waals surface area (Å²) < 4.78 is 0. The van der Waals surface area contributed by atoms with E-state index in [2.05, 4.69) is 24.0 Å². The van der Waals surface area contributed by atoms with Crippen molar-refractivity contribution >= 4 is 11.8 Å². The lowest BCUT2D eigenvalue weighted by Crippen LogP contribution is -2.43. The predicted molar refractivity (Wildman–Crippen MR) is 84.0 cm³/mol. The third-order valence-corrected chi connectivity index (χ3v) is 6.10. The monoisotopic (exact) mass is 302 g/mol. The van der Waals surface area contributed by atoms with Crippen LogP contribution in [0.2, 0.25) is 0 Å². The van der Waals surface area contributed by atoms with Gasteiger partial charge in [0.2, 0.25) is 11.8 Å². The summed E-state index contributed by atoms with van der Waals surface area (Å²) in [6.07, 6.45) is 9.67. The van der Waals surface area contributed by atoms with Gasteiger partial charge in [-0.3, -0.25) is 9.59 Å². The molecule has 2 amide bonds. The van der Waals surface area contributed by atoms with E-state index in [1.54, 1.807) is 0 Å². The molecule has 2 aliphatic heterocycles. The summed E-state index contributed by atoms with van der Waals surface area (Å²) >= 11 is 0. The number of allylic oxidation sites excluding steroid dienone is 2. The van der Waals surface area contributed by atoms with Gasteiger partial charge in [-0.25, -0.2) is 0 Å². The summed E-state index contributed by atoms with van der Waals surface area (Å²) in [5.41, 5.74) is -0.246. The Morgan fingerprint density at radius 3 is 2.73 bits per heavy atom. The van der Waals surface area contributed by atoms with Crippen LogP contribution < -0.4 is 0 Å².